The van der Waals surface area contributed by atoms with Gasteiger partial charge in [0.25, 0.3) is 0 Å². The lowest BCUT2D eigenvalue weighted by molar-refractivity contribution is 0.642. The predicted octanol–water partition coefficient (Wildman–Crippen LogP) is 2.68. The zero-order chi connectivity index (χ0) is 9.40. The molecule has 0 aromatic rings. The van der Waals surface area contributed by atoms with Crippen molar-refractivity contribution < 1.29 is 0 Å². The van der Waals surface area contributed by atoms with Crippen LogP contribution in [-0.2, 0) is 0 Å². The van der Waals surface area contributed by atoms with Crippen molar-refractivity contribution in [2.24, 2.45) is 0 Å². The Bertz CT molecular complexity index is 123. The van der Waals surface area contributed by atoms with Crippen molar-refractivity contribution in [2.75, 3.05) is 18.1 Å². The summed E-state index contributed by atoms with van der Waals surface area (Å²) >= 11 is 2.01. The highest BCUT2D eigenvalue weighted by atomic mass is 32.2. The average Bonchev–Trinajstić information content (AvgIpc) is 2.03. The highest BCUT2D eigenvalue weighted by Crippen LogP contribution is 2.09. The first-order chi connectivity index (χ1) is 5.72. The number of hydrogen-bond acceptors (Lipinski definition) is 2. The predicted molar refractivity (Wildman–Crippen MR) is 59.9 cm³/mol. The fraction of sp³-hybridized carbons (Fsp3) is 0.800. The van der Waals surface area contributed by atoms with Gasteiger partial charge < -0.3 is 5.32 Å². The van der Waals surface area contributed by atoms with Gasteiger partial charge in [0.1, 0.15) is 0 Å². The molecule has 0 radical (unpaired) electrons. The monoisotopic (exact) mass is 187 g/mol. The zero-order valence-electron chi connectivity index (χ0n) is 8.52. The molecule has 2 heteroatoms. The molecule has 0 saturated carbocycles. The Morgan fingerprint density at radius 1 is 1.50 bits per heavy atom. The van der Waals surface area contributed by atoms with E-state index in [0.717, 1.165) is 12.3 Å². The molecule has 72 valence electrons. The molecule has 0 amide bonds. The van der Waals surface area contributed by atoms with Crippen molar-refractivity contribution in [1.82, 2.24) is 5.32 Å². The van der Waals surface area contributed by atoms with Gasteiger partial charge >= 0.3 is 0 Å². The van der Waals surface area contributed by atoms with Crippen molar-refractivity contribution in [3.05, 3.63) is 12.2 Å². The van der Waals surface area contributed by atoms with Crippen LogP contribution in [0, 0.1) is 0 Å². The van der Waals surface area contributed by atoms with Crippen LogP contribution in [0.2, 0.25) is 0 Å². The lowest BCUT2D eigenvalue weighted by Crippen LogP contribution is -2.31. The molecule has 1 unspecified atom stereocenters. The maximum atomic E-state index is 3.98. The van der Waals surface area contributed by atoms with Crippen LogP contribution in [0.15, 0.2) is 12.2 Å². The summed E-state index contributed by atoms with van der Waals surface area (Å²) in [6.07, 6.45) is 1.26. The molecule has 0 fully saturated rings. The molecule has 0 bridgehead atoms. The van der Waals surface area contributed by atoms with Gasteiger partial charge in [-0.1, -0.05) is 26.0 Å². The summed E-state index contributed by atoms with van der Waals surface area (Å²) in [5.74, 6) is 2.42. The molecule has 12 heavy (non-hydrogen) atoms. The summed E-state index contributed by atoms with van der Waals surface area (Å²) in [6.45, 7) is 11.5. The summed E-state index contributed by atoms with van der Waals surface area (Å²) in [5.41, 5.74) is 1.25. The second-order valence-corrected chi connectivity index (χ2v) is 4.18. The van der Waals surface area contributed by atoms with E-state index in [1.54, 1.807) is 0 Å². The minimum Gasteiger partial charge on any atom is -0.310 e. The van der Waals surface area contributed by atoms with Gasteiger partial charge in [0.15, 0.2) is 0 Å². The number of rotatable bonds is 7. The van der Waals surface area contributed by atoms with Crippen molar-refractivity contribution in [2.45, 2.75) is 33.2 Å². The smallest absolute Gasteiger partial charge is 0.0365 e. The molecule has 0 heterocycles. The third kappa shape index (κ3) is 5.67. The summed E-state index contributed by atoms with van der Waals surface area (Å²) in [5, 5.41) is 3.42. The molecule has 0 aromatic heterocycles. The Hall–Kier alpha value is 0.0500. The van der Waals surface area contributed by atoms with Gasteiger partial charge in [0.05, 0.1) is 0 Å². The molecule has 0 saturated heterocycles. The molecule has 0 aliphatic heterocycles. The molecular weight excluding hydrogens is 166 g/mol. The second-order valence-electron chi connectivity index (χ2n) is 3.03. The maximum Gasteiger partial charge on any atom is 0.0365 e. The second kappa shape index (κ2) is 7.69. The molecule has 1 nitrogen and oxygen atoms in total. The third-order valence-electron chi connectivity index (χ3n) is 1.68. The lowest BCUT2D eigenvalue weighted by Gasteiger charge is -2.17. The first-order valence-corrected chi connectivity index (χ1v) is 5.84. The molecule has 0 spiro atoms. The molecule has 0 aliphatic carbocycles. The van der Waals surface area contributed by atoms with E-state index < -0.39 is 0 Å². The van der Waals surface area contributed by atoms with E-state index >= 15 is 0 Å². The molecule has 1 atom stereocenters. The van der Waals surface area contributed by atoms with Gasteiger partial charge in [-0.05, 0) is 25.6 Å². The highest BCUT2D eigenvalue weighted by molar-refractivity contribution is 7.99. The fourth-order valence-corrected chi connectivity index (χ4v) is 2.06. The number of nitrogens with one attached hydrogen (secondary N) is 1. The Morgan fingerprint density at radius 3 is 2.58 bits per heavy atom. The summed E-state index contributed by atoms with van der Waals surface area (Å²) in [6, 6.07) is 0.506. The van der Waals surface area contributed by atoms with Crippen molar-refractivity contribution in [3.63, 3.8) is 0 Å². The van der Waals surface area contributed by atoms with E-state index in [1.165, 1.54) is 17.7 Å². The topological polar surface area (TPSA) is 12.0 Å². The van der Waals surface area contributed by atoms with Crippen LogP contribution < -0.4 is 5.32 Å². The molecule has 0 aromatic carbocycles. The minimum absolute atomic E-state index is 0.506. The molecule has 1 N–H and O–H groups in total. The standard InChI is InChI=1S/C10H21NS/c1-5-7-12-8-10(9(3)4)11-6-2/h10-11H,3,5-8H2,1-2,4H3. The number of hydrogen-bond donors (Lipinski definition) is 1. The summed E-state index contributed by atoms with van der Waals surface area (Å²) in [7, 11) is 0. The van der Waals surface area contributed by atoms with Crippen LogP contribution in [0.25, 0.3) is 0 Å². The van der Waals surface area contributed by atoms with Crippen LogP contribution >= 0.6 is 11.8 Å². The molecule has 0 aliphatic rings. The Labute approximate surface area is 81.0 Å². The van der Waals surface area contributed by atoms with Gasteiger partial charge in [0, 0.05) is 11.8 Å². The van der Waals surface area contributed by atoms with Crippen molar-refractivity contribution in [1.29, 1.82) is 0 Å². The Balaban J connectivity index is 3.56. The van der Waals surface area contributed by atoms with Crippen LogP contribution in [0.5, 0.6) is 0 Å². The summed E-state index contributed by atoms with van der Waals surface area (Å²) in [4.78, 5) is 0. The van der Waals surface area contributed by atoms with E-state index in [1.807, 2.05) is 11.8 Å². The highest BCUT2D eigenvalue weighted by Gasteiger charge is 2.06. The number of thioether (sulfide) groups is 1. The lowest BCUT2D eigenvalue weighted by atomic mass is 10.2. The van der Waals surface area contributed by atoms with Crippen LogP contribution in [-0.4, -0.2) is 24.1 Å². The quantitative estimate of drug-likeness (QED) is 0.486. The van der Waals surface area contributed by atoms with E-state index in [9.17, 15) is 0 Å². The largest absolute Gasteiger partial charge is 0.310 e. The van der Waals surface area contributed by atoms with E-state index in [4.69, 9.17) is 0 Å². The third-order valence-corrected chi connectivity index (χ3v) is 2.94. The van der Waals surface area contributed by atoms with Gasteiger partial charge in [0.2, 0.25) is 0 Å². The van der Waals surface area contributed by atoms with E-state index in [2.05, 4.69) is 32.7 Å². The molecule has 0 rings (SSSR count). The van der Waals surface area contributed by atoms with Crippen LogP contribution in [0.1, 0.15) is 27.2 Å². The van der Waals surface area contributed by atoms with E-state index in [0.29, 0.717) is 6.04 Å². The van der Waals surface area contributed by atoms with Crippen molar-refractivity contribution in [3.8, 4) is 0 Å². The fourth-order valence-electron chi connectivity index (χ4n) is 0.967. The SMILES string of the molecule is C=C(C)C(CSCCC)NCC. The van der Waals surface area contributed by atoms with E-state index in [-0.39, 0.29) is 0 Å². The van der Waals surface area contributed by atoms with Gasteiger partial charge in [-0.25, -0.2) is 0 Å². The van der Waals surface area contributed by atoms with Gasteiger partial charge in [-0.3, -0.25) is 0 Å². The van der Waals surface area contributed by atoms with Gasteiger partial charge in [-0.15, -0.1) is 0 Å². The summed E-state index contributed by atoms with van der Waals surface area (Å²) < 4.78 is 0. The van der Waals surface area contributed by atoms with Gasteiger partial charge in [-0.2, -0.15) is 11.8 Å². The minimum atomic E-state index is 0.506. The number of likely N-dealkylation sites (N-methyl/N-ethyl adjacent to an activating group) is 1. The first-order valence-electron chi connectivity index (χ1n) is 4.68. The van der Waals surface area contributed by atoms with Crippen LogP contribution in [0.4, 0.5) is 0 Å². The maximum absolute atomic E-state index is 3.98. The van der Waals surface area contributed by atoms with Crippen molar-refractivity contribution >= 4 is 11.8 Å². The normalized spacial score (nSPS) is 12.9. The Kier molecular flexibility index (Phi) is 7.72. The molecular formula is C10H21NS. The van der Waals surface area contributed by atoms with Crippen LogP contribution in [0.3, 0.4) is 0 Å². The first kappa shape index (κ1) is 12.0. The average molecular weight is 187 g/mol. The zero-order valence-corrected chi connectivity index (χ0v) is 9.34. The Morgan fingerprint density at radius 2 is 2.17 bits per heavy atom.